The highest BCUT2D eigenvalue weighted by Crippen LogP contribution is 2.68. The van der Waals surface area contributed by atoms with Gasteiger partial charge in [-0.2, -0.15) is 0 Å². The summed E-state index contributed by atoms with van der Waals surface area (Å²) >= 11 is 0. The summed E-state index contributed by atoms with van der Waals surface area (Å²) in [5.74, 6) is 0.151. The van der Waals surface area contributed by atoms with Crippen molar-refractivity contribution in [3.63, 3.8) is 0 Å². The fourth-order valence-electron chi connectivity index (χ4n) is 7.49. The standard InChI is InChI=1S/C25H40O5/c1-16-8-9-20-24(5)12-7-11-23(3,4)19(24)10-13-25(20,6)21(16)22(28)30-15-18(27)14-29-17(2)26/h8,18-21,27H,7,9-15H2,1-6H3. The second kappa shape index (κ2) is 8.29. The Kier molecular flexibility index (Phi) is 6.44. The summed E-state index contributed by atoms with van der Waals surface area (Å²) in [5.41, 5.74) is 1.54. The van der Waals surface area contributed by atoms with Crippen LogP contribution in [0.1, 0.15) is 80.1 Å². The van der Waals surface area contributed by atoms with E-state index < -0.39 is 12.1 Å². The summed E-state index contributed by atoms with van der Waals surface area (Å²) < 4.78 is 10.4. The van der Waals surface area contributed by atoms with Crippen molar-refractivity contribution in [1.82, 2.24) is 0 Å². The summed E-state index contributed by atoms with van der Waals surface area (Å²) in [5, 5.41) is 9.99. The molecule has 6 atom stereocenters. The van der Waals surface area contributed by atoms with E-state index in [1.54, 1.807) is 0 Å². The van der Waals surface area contributed by atoms with Crippen molar-refractivity contribution in [3.8, 4) is 0 Å². The van der Waals surface area contributed by atoms with E-state index in [-0.39, 0.29) is 35.9 Å². The van der Waals surface area contributed by atoms with Gasteiger partial charge in [0.15, 0.2) is 0 Å². The van der Waals surface area contributed by atoms with Gasteiger partial charge in [-0.05, 0) is 67.1 Å². The van der Waals surface area contributed by atoms with Gasteiger partial charge in [0.25, 0.3) is 0 Å². The number of carbonyl (C=O) groups excluding carboxylic acids is 2. The lowest BCUT2D eigenvalue weighted by molar-refractivity contribution is -0.174. The van der Waals surface area contributed by atoms with Crippen molar-refractivity contribution in [2.24, 2.45) is 34.0 Å². The zero-order chi connectivity index (χ0) is 22.3. The molecule has 0 bridgehead atoms. The van der Waals surface area contributed by atoms with Crippen LogP contribution >= 0.6 is 0 Å². The molecule has 0 aromatic rings. The molecule has 3 rings (SSSR count). The largest absolute Gasteiger partial charge is 0.463 e. The molecule has 2 fully saturated rings. The van der Waals surface area contributed by atoms with Crippen molar-refractivity contribution in [2.75, 3.05) is 13.2 Å². The highest BCUT2D eigenvalue weighted by Gasteiger charge is 2.62. The van der Waals surface area contributed by atoms with Crippen LogP contribution in [0.15, 0.2) is 11.6 Å². The maximum Gasteiger partial charge on any atom is 0.313 e. The first-order chi connectivity index (χ1) is 13.9. The van der Waals surface area contributed by atoms with Gasteiger partial charge in [0, 0.05) is 6.92 Å². The minimum Gasteiger partial charge on any atom is -0.463 e. The Hall–Kier alpha value is -1.36. The van der Waals surface area contributed by atoms with Crippen LogP contribution in [0.5, 0.6) is 0 Å². The van der Waals surface area contributed by atoms with Crippen molar-refractivity contribution in [1.29, 1.82) is 0 Å². The molecule has 0 aromatic carbocycles. The lowest BCUT2D eigenvalue weighted by Gasteiger charge is -2.64. The van der Waals surface area contributed by atoms with Gasteiger partial charge in [-0.25, -0.2) is 0 Å². The SMILES string of the molecule is CC(=O)OCC(O)COC(=O)C1C(C)=CCC2C1(C)CCC1C(C)(C)CCCC12C. The molecule has 0 heterocycles. The summed E-state index contributed by atoms with van der Waals surface area (Å²) in [6.45, 7) is 12.6. The fraction of sp³-hybridized carbons (Fsp3) is 0.840. The molecule has 0 radical (unpaired) electrons. The molecule has 3 aliphatic rings. The molecule has 30 heavy (non-hydrogen) atoms. The number of hydrogen-bond donors (Lipinski definition) is 1. The predicted octanol–water partition coefficient (Wildman–Crippen LogP) is 4.67. The van der Waals surface area contributed by atoms with Crippen LogP contribution in [-0.2, 0) is 19.1 Å². The molecule has 0 saturated heterocycles. The topological polar surface area (TPSA) is 72.8 Å². The van der Waals surface area contributed by atoms with Crippen molar-refractivity contribution in [3.05, 3.63) is 11.6 Å². The van der Waals surface area contributed by atoms with Crippen molar-refractivity contribution < 1.29 is 24.2 Å². The molecule has 0 aliphatic heterocycles. The molecular weight excluding hydrogens is 380 g/mol. The van der Waals surface area contributed by atoms with Gasteiger partial charge >= 0.3 is 11.9 Å². The van der Waals surface area contributed by atoms with E-state index in [4.69, 9.17) is 9.47 Å². The lowest BCUT2D eigenvalue weighted by Crippen LogP contribution is -2.58. The number of fused-ring (bicyclic) bond motifs is 3. The second-order valence-electron chi connectivity index (χ2n) is 11.2. The Morgan fingerprint density at radius 1 is 1.07 bits per heavy atom. The van der Waals surface area contributed by atoms with E-state index in [1.165, 1.54) is 26.2 Å². The maximum atomic E-state index is 13.2. The fourth-order valence-corrected chi connectivity index (χ4v) is 7.49. The molecule has 0 aromatic heterocycles. The summed E-state index contributed by atoms with van der Waals surface area (Å²) in [7, 11) is 0. The lowest BCUT2D eigenvalue weighted by atomic mass is 9.40. The minimum absolute atomic E-state index is 0.130. The zero-order valence-corrected chi connectivity index (χ0v) is 19.6. The van der Waals surface area contributed by atoms with Crippen LogP contribution in [0.4, 0.5) is 0 Å². The summed E-state index contributed by atoms with van der Waals surface area (Å²) in [4.78, 5) is 24.1. The number of aliphatic hydroxyl groups excluding tert-OH is 1. The molecule has 170 valence electrons. The zero-order valence-electron chi connectivity index (χ0n) is 19.6. The number of carbonyl (C=O) groups is 2. The molecule has 5 heteroatoms. The average Bonchev–Trinajstić information content (AvgIpc) is 2.63. The minimum atomic E-state index is -0.998. The predicted molar refractivity (Wildman–Crippen MR) is 116 cm³/mol. The molecule has 5 nitrogen and oxygen atoms in total. The highest BCUT2D eigenvalue weighted by molar-refractivity contribution is 5.77. The van der Waals surface area contributed by atoms with Gasteiger partial charge < -0.3 is 14.6 Å². The van der Waals surface area contributed by atoms with E-state index in [2.05, 4.69) is 33.8 Å². The molecule has 0 spiro atoms. The van der Waals surface area contributed by atoms with Crippen LogP contribution < -0.4 is 0 Å². The highest BCUT2D eigenvalue weighted by atomic mass is 16.6. The van der Waals surface area contributed by atoms with Gasteiger partial charge in [0.05, 0.1) is 5.92 Å². The quantitative estimate of drug-likeness (QED) is 0.517. The average molecular weight is 421 g/mol. The van der Waals surface area contributed by atoms with E-state index in [9.17, 15) is 14.7 Å². The summed E-state index contributed by atoms with van der Waals surface area (Å²) in [6.07, 6.45) is 8.25. The second-order valence-corrected chi connectivity index (χ2v) is 11.2. The van der Waals surface area contributed by atoms with E-state index in [0.717, 1.165) is 24.8 Å². The van der Waals surface area contributed by atoms with Gasteiger partial charge in [-0.1, -0.05) is 45.8 Å². The number of ether oxygens (including phenoxy) is 2. The van der Waals surface area contributed by atoms with Crippen LogP contribution in [0.3, 0.4) is 0 Å². The van der Waals surface area contributed by atoms with Gasteiger partial charge in [0.1, 0.15) is 19.3 Å². The van der Waals surface area contributed by atoms with Crippen LogP contribution in [0, 0.1) is 34.0 Å². The van der Waals surface area contributed by atoms with Gasteiger partial charge in [0.2, 0.25) is 0 Å². The molecule has 1 N–H and O–H groups in total. The van der Waals surface area contributed by atoms with Gasteiger partial charge in [-0.3, -0.25) is 9.59 Å². The van der Waals surface area contributed by atoms with E-state index in [0.29, 0.717) is 17.3 Å². The Bertz CT molecular complexity index is 710. The number of allylic oxidation sites excluding steroid dienone is 1. The molecule has 2 saturated carbocycles. The maximum absolute atomic E-state index is 13.2. The monoisotopic (exact) mass is 420 g/mol. The van der Waals surface area contributed by atoms with Crippen LogP contribution in [0.2, 0.25) is 0 Å². The molecular formula is C25H40O5. The van der Waals surface area contributed by atoms with Crippen molar-refractivity contribution >= 4 is 11.9 Å². The number of aliphatic hydroxyl groups is 1. The number of esters is 2. The van der Waals surface area contributed by atoms with E-state index >= 15 is 0 Å². The first-order valence-corrected chi connectivity index (χ1v) is 11.6. The van der Waals surface area contributed by atoms with E-state index in [1.807, 2.05) is 6.92 Å². The van der Waals surface area contributed by atoms with Crippen LogP contribution in [0.25, 0.3) is 0 Å². The number of rotatable bonds is 5. The van der Waals surface area contributed by atoms with Crippen molar-refractivity contribution in [2.45, 2.75) is 86.2 Å². The molecule has 0 amide bonds. The third-order valence-corrected chi connectivity index (χ3v) is 8.76. The van der Waals surface area contributed by atoms with Gasteiger partial charge in [-0.15, -0.1) is 0 Å². The third-order valence-electron chi connectivity index (χ3n) is 8.76. The number of hydrogen-bond acceptors (Lipinski definition) is 5. The normalized spacial score (nSPS) is 38.5. The summed E-state index contributed by atoms with van der Waals surface area (Å²) in [6, 6.07) is 0. The third kappa shape index (κ3) is 4.06. The first-order valence-electron chi connectivity index (χ1n) is 11.6. The Morgan fingerprint density at radius 2 is 1.73 bits per heavy atom. The van der Waals surface area contributed by atoms with Crippen LogP contribution in [-0.4, -0.2) is 36.4 Å². The Morgan fingerprint density at radius 3 is 2.40 bits per heavy atom. The smallest absolute Gasteiger partial charge is 0.313 e. The molecule has 3 aliphatic carbocycles. The Balaban J connectivity index is 1.78. The Labute approximate surface area is 181 Å². The molecule has 6 unspecified atom stereocenters. The first kappa shape index (κ1) is 23.3.